The number of nitrogens with one attached hydrogen (secondary N) is 2. The first-order valence-corrected chi connectivity index (χ1v) is 10.6. The van der Waals surface area contributed by atoms with E-state index in [9.17, 15) is 18.4 Å². The number of likely N-dealkylation sites (tertiary alicyclic amines) is 1. The predicted octanol–water partition coefficient (Wildman–Crippen LogP) is 3.74. The maximum atomic E-state index is 13.6. The summed E-state index contributed by atoms with van der Waals surface area (Å²) in [6.07, 6.45) is 0.999. The van der Waals surface area contributed by atoms with Crippen molar-refractivity contribution in [2.24, 2.45) is 10.9 Å². The van der Waals surface area contributed by atoms with Crippen molar-refractivity contribution in [3.63, 3.8) is 0 Å². The van der Waals surface area contributed by atoms with Crippen molar-refractivity contribution in [2.45, 2.75) is 31.2 Å². The van der Waals surface area contributed by atoms with Gasteiger partial charge < -0.3 is 15.5 Å². The van der Waals surface area contributed by atoms with Gasteiger partial charge in [0.1, 0.15) is 6.04 Å². The zero-order valence-electron chi connectivity index (χ0n) is 18.0. The number of halogens is 2. The van der Waals surface area contributed by atoms with Crippen LogP contribution in [0.4, 0.5) is 25.8 Å². The van der Waals surface area contributed by atoms with Crippen LogP contribution in [-0.2, 0) is 9.59 Å². The Hall–Kier alpha value is -3.80. The van der Waals surface area contributed by atoms with Crippen molar-refractivity contribution in [3.05, 3.63) is 54.1 Å². The molecule has 1 fully saturated rings. The molecule has 2 aliphatic heterocycles. The van der Waals surface area contributed by atoms with Crippen molar-refractivity contribution in [1.29, 1.82) is 5.26 Å². The highest BCUT2D eigenvalue weighted by atomic mass is 19.3. The Balaban J connectivity index is 1.45. The summed E-state index contributed by atoms with van der Waals surface area (Å²) in [5, 5.41) is 14.9. The van der Waals surface area contributed by atoms with Crippen LogP contribution in [0.25, 0.3) is 0 Å². The minimum absolute atomic E-state index is 0.219. The van der Waals surface area contributed by atoms with Crippen molar-refractivity contribution in [3.8, 4) is 6.07 Å². The number of amides is 2. The summed E-state index contributed by atoms with van der Waals surface area (Å²) in [7, 11) is 0. The first-order valence-electron chi connectivity index (χ1n) is 10.6. The molecule has 9 heteroatoms. The molecule has 2 heterocycles. The van der Waals surface area contributed by atoms with Gasteiger partial charge in [0.15, 0.2) is 0 Å². The van der Waals surface area contributed by atoms with Crippen LogP contribution in [0.15, 0.2) is 53.5 Å². The number of nitriles is 1. The quantitative estimate of drug-likeness (QED) is 0.724. The number of rotatable bonds is 5. The van der Waals surface area contributed by atoms with E-state index in [-0.39, 0.29) is 5.92 Å². The maximum absolute atomic E-state index is 13.6. The van der Waals surface area contributed by atoms with Gasteiger partial charge in [-0.3, -0.25) is 14.6 Å². The number of hydrogen-bond acceptors (Lipinski definition) is 5. The summed E-state index contributed by atoms with van der Waals surface area (Å²) >= 11 is 0. The van der Waals surface area contributed by atoms with Crippen LogP contribution in [0, 0.1) is 17.2 Å². The number of alkyl halides is 2. The zero-order valence-corrected chi connectivity index (χ0v) is 18.0. The van der Waals surface area contributed by atoms with E-state index in [4.69, 9.17) is 5.26 Å². The van der Waals surface area contributed by atoms with Gasteiger partial charge in [0.25, 0.3) is 5.92 Å². The van der Waals surface area contributed by atoms with Crippen LogP contribution < -0.4 is 10.6 Å². The van der Waals surface area contributed by atoms with E-state index >= 15 is 0 Å². The van der Waals surface area contributed by atoms with Gasteiger partial charge in [-0.15, -0.1) is 0 Å². The van der Waals surface area contributed by atoms with Crippen molar-refractivity contribution in [1.82, 2.24) is 10.2 Å². The molecular formula is C24H23F2N5O2. The molecule has 2 amide bonds. The highest BCUT2D eigenvalue weighted by molar-refractivity contribution is 5.94. The second-order valence-electron chi connectivity index (χ2n) is 8.32. The number of benzene rings is 2. The summed E-state index contributed by atoms with van der Waals surface area (Å²) in [4.78, 5) is 30.7. The molecule has 0 aromatic heterocycles. The fraction of sp³-hybridized carbons (Fsp3) is 0.333. The lowest BCUT2D eigenvalue weighted by molar-refractivity contribution is -0.134. The summed E-state index contributed by atoms with van der Waals surface area (Å²) < 4.78 is 27.2. The molecule has 2 aromatic rings. The summed E-state index contributed by atoms with van der Waals surface area (Å²) in [6, 6.07) is 15.7. The van der Waals surface area contributed by atoms with E-state index < -0.39 is 49.2 Å². The van der Waals surface area contributed by atoms with Crippen LogP contribution in [0.2, 0.25) is 0 Å². The van der Waals surface area contributed by atoms with Gasteiger partial charge in [-0.25, -0.2) is 8.78 Å². The third kappa shape index (κ3) is 4.85. The standard InChI is InChI=1S/C24H23F2N5O2/c1-15-12-28-20-9-17(30-16-5-3-2-4-6-16)7-8-19(20)22(15)23(33)29-13-21(32)31-14-24(25,26)10-18(31)11-27/h2-9,12,15,18,22,30H,10,13-14H2,1H3,(H,29,33)/t15?,18-,22?/m0/s1. The third-order valence-electron chi connectivity index (χ3n) is 5.84. The summed E-state index contributed by atoms with van der Waals surface area (Å²) in [6.45, 7) is 0.588. The van der Waals surface area contributed by atoms with E-state index in [0.717, 1.165) is 21.8 Å². The van der Waals surface area contributed by atoms with Crippen LogP contribution in [0.3, 0.4) is 0 Å². The number of para-hydroxylation sites is 1. The number of carbonyl (C=O) groups excluding carboxylic acids is 2. The van der Waals surface area contributed by atoms with Crippen molar-refractivity contribution in [2.75, 3.05) is 18.4 Å². The van der Waals surface area contributed by atoms with E-state index in [1.54, 1.807) is 12.3 Å². The smallest absolute Gasteiger partial charge is 0.268 e. The lowest BCUT2D eigenvalue weighted by Gasteiger charge is -2.27. The monoisotopic (exact) mass is 451 g/mol. The maximum Gasteiger partial charge on any atom is 0.268 e. The van der Waals surface area contributed by atoms with Gasteiger partial charge >= 0.3 is 0 Å². The molecule has 0 saturated carbocycles. The Morgan fingerprint density at radius 2 is 1.97 bits per heavy atom. The number of nitrogens with zero attached hydrogens (tertiary/aromatic N) is 3. The van der Waals surface area contributed by atoms with E-state index in [2.05, 4.69) is 15.6 Å². The molecular weight excluding hydrogens is 428 g/mol. The Labute approximate surface area is 190 Å². The Morgan fingerprint density at radius 3 is 2.70 bits per heavy atom. The minimum Gasteiger partial charge on any atom is -0.355 e. The first kappa shape index (κ1) is 22.4. The Bertz CT molecular complexity index is 1130. The number of anilines is 2. The van der Waals surface area contributed by atoms with E-state index in [1.165, 1.54) is 0 Å². The average molecular weight is 451 g/mol. The van der Waals surface area contributed by atoms with Crippen LogP contribution in [0.1, 0.15) is 24.8 Å². The largest absolute Gasteiger partial charge is 0.355 e. The lowest BCUT2D eigenvalue weighted by Crippen LogP contribution is -2.44. The molecule has 3 atom stereocenters. The molecule has 7 nitrogen and oxygen atoms in total. The molecule has 1 saturated heterocycles. The molecule has 2 N–H and O–H groups in total. The van der Waals surface area contributed by atoms with Gasteiger partial charge in [0.2, 0.25) is 11.8 Å². The SMILES string of the molecule is CC1C=Nc2cc(Nc3ccccc3)ccc2C1C(=O)NCC(=O)N1CC(F)(F)C[C@H]1C#N. The molecule has 2 aromatic carbocycles. The van der Waals surface area contributed by atoms with E-state index in [0.29, 0.717) is 5.69 Å². The van der Waals surface area contributed by atoms with Crippen LogP contribution >= 0.6 is 0 Å². The summed E-state index contributed by atoms with van der Waals surface area (Å²) in [5.74, 6) is -5.00. The second-order valence-corrected chi connectivity index (χ2v) is 8.32. The van der Waals surface area contributed by atoms with E-state index in [1.807, 2.05) is 55.5 Å². The average Bonchev–Trinajstić information content (AvgIpc) is 3.12. The first-order chi connectivity index (χ1) is 15.8. The lowest BCUT2D eigenvalue weighted by atomic mass is 9.84. The molecule has 0 aliphatic carbocycles. The predicted molar refractivity (Wildman–Crippen MR) is 120 cm³/mol. The van der Waals surface area contributed by atoms with Gasteiger partial charge in [0, 0.05) is 29.9 Å². The molecule has 0 radical (unpaired) electrons. The van der Waals surface area contributed by atoms with Crippen LogP contribution in [0.5, 0.6) is 0 Å². The molecule has 170 valence electrons. The van der Waals surface area contributed by atoms with Crippen molar-refractivity contribution < 1.29 is 18.4 Å². The highest BCUT2D eigenvalue weighted by Gasteiger charge is 2.47. The molecule has 4 rings (SSSR count). The molecule has 2 aliphatic rings. The van der Waals surface area contributed by atoms with Crippen molar-refractivity contribution >= 4 is 35.1 Å². The minimum atomic E-state index is -3.10. The molecule has 0 spiro atoms. The molecule has 2 unspecified atom stereocenters. The Morgan fingerprint density at radius 1 is 1.21 bits per heavy atom. The van der Waals surface area contributed by atoms with Gasteiger partial charge in [-0.05, 0) is 29.8 Å². The molecule has 33 heavy (non-hydrogen) atoms. The fourth-order valence-electron chi connectivity index (χ4n) is 4.20. The second kappa shape index (κ2) is 8.98. The zero-order chi connectivity index (χ0) is 23.6. The van der Waals surface area contributed by atoms with Gasteiger partial charge in [-0.2, -0.15) is 5.26 Å². The topological polar surface area (TPSA) is 97.6 Å². The fourth-order valence-corrected chi connectivity index (χ4v) is 4.20. The number of hydrogen-bond donors (Lipinski definition) is 2. The number of fused-ring (bicyclic) bond motifs is 1. The van der Waals surface area contributed by atoms with Crippen LogP contribution in [-0.4, -0.2) is 48.0 Å². The Kier molecular flexibility index (Phi) is 6.09. The third-order valence-corrected chi connectivity index (χ3v) is 5.84. The number of aliphatic imine (C=N–C) groups is 1. The number of carbonyl (C=O) groups is 2. The normalized spacial score (nSPS) is 22.8. The van der Waals surface area contributed by atoms with Gasteiger partial charge in [0.05, 0.1) is 30.8 Å². The highest BCUT2D eigenvalue weighted by Crippen LogP contribution is 2.38. The van der Waals surface area contributed by atoms with Gasteiger partial charge in [-0.1, -0.05) is 31.2 Å². The summed E-state index contributed by atoms with van der Waals surface area (Å²) in [5.41, 5.74) is 3.10. The molecule has 0 bridgehead atoms.